The smallest absolute Gasteiger partial charge is 0.0948 e. The quantitative estimate of drug-likeness (QED) is 0.929. The Morgan fingerprint density at radius 1 is 1.32 bits per heavy atom. The number of nitrogens with one attached hydrogen (secondary N) is 1. The van der Waals surface area contributed by atoms with Gasteiger partial charge < -0.3 is 9.88 Å². The summed E-state index contributed by atoms with van der Waals surface area (Å²) < 4.78 is 2.26. The molecule has 0 amide bonds. The van der Waals surface area contributed by atoms with Crippen molar-refractivity contribution in [2.24, 2.45) is 0 Å². The summed E-state index contributed by atoms with van der Waals surface area (Å²) in [5.41, 5.74) is 2.62. The molecule has 1 aliphatic heterocycles. The summed E-state index contributed by atoms with van der Waals surface area (Å²) in [7, 11) is 0. The van der Waals surface area contributed by atoms with Crippen LogP contribution in [0.15, 0.2) is 36.8 Å². The van der Waals surface area contributed by atoms with Crippen LogP contribution in [0.25, 0.3) is 0 Å². The lowest BCUT2D eigenvalue weighted by Crippen LogP contribution is -2.17. The molecule has 0 unspecified atom stereocenters. The van der Waals surface area contributed by atoms with E-state index in [1.807, 2.05) is 24.7 Å². The minimum Gasteiger partial charge on any atom is -0.333 e. The Labute approximate surface area is 118 Å². The number of aryl methyl sites for hydroxylation is 2. The number of imidazole rings is 1. The summed E-state index contributed by atoms with van der Waals surface area (Å²) >= 11 is 5.90. The fourth-order valence-corrected chi connectivity index (χ4v) is 2.77. The van der Waals surface area contributed by atoms with Gasteiger partial charge in [-0.3, -0.25) is 0 Å². The van der Waals surface area contributed by atoms with Gasteiger partial charge in [0, 0.05) is 23.8 Å². The molecule has 1 N–H and O–H groups in total. The van der Waals surface area contributed by atoms with Crippen LogP contribution < -0.4 is 5.32 Å². The van der Waals surface area contributed by atoms with Gasteiger partial charge >= 0.3 is 0 Å². The Balaban J connectivity index is 1.66. The summed E-state index contributed by atoms with van der Waals surface area (Å²) in [5, 5.41) is 4.32. The average molecular weight is 276 g/mol. The number of aromatic nitrogens is 2. The number of hydrogen-bond acceptors (Lipinski definition) is 2. The maximum absolute atomic E-state index is 5.90. The van der Waals surface area contributed by atoms with Crippen LogP contribution in [0.3, 0.4) is 0 Å². The molecule has 0 spiro atoms. The molecule has 3 nitrogen and oxygen atoms in total. The number of halogens is 1. The maximum atomic E-state index is 5.90. The van der Waals surface area contributed by atoms with Crippen molar-refractivity contribution in [3.05, 3.63) is 53.1 Å². The van der Waals surface area contributed by atoms with Crippen molar-refractivity contribution in [2.75, 3.05) is 6.54 Å². The van der Waals surface area contributed by atoms with Crippen molar-refractivity contribution in [3.8, 4) is 0 Å². The molecule has 0 radical (unpaired) electrons. The van der Waals surface area contributed by atoms with Gasteiger partial charge in [-0.15, -0.1) is 0 Å². The van der Waals surface area contributed by atoms with Gasteiger partial charge in [-0.2, -0.15) is 0 Å². The summed E-state index contributed by atoms with van der Waals surface area (Å²) in [6.07, 6.45) is 7.41. The summed E-state index contributed by atoms with van der Waals surface area (Å²) in [6, 6.07) is 8.56. The van der Waals surface area contributed by atoms with Crippen molar-refractivity contribution in [1.82, 2.24) is 14.9 Å². The molecule has 100 valence electrons. The van der Waals surface area contributed by atoms with Crippen molar-refractivity contribution >= 4 is 11.6 Å². The molecule has 2 aromatic rings. The van der Waals surface area contributed by atoms with E-state index in [1.54, 1.807) is 0 Å². The molecule has 1 fully saturated rings. The SMILES string of the molecule is Clc1ccc(CCn2cncc2[C@@H]2CCCN2)cc1. The van der Waals surface area contributed by atoms with E-state index in [1.165, 1.54) is 24.1 Å². The van der Waals surface area contributed by atoms with E-state index in [0.717, 1.165) is 24.5 Å². The first-order valence-electron chi connectivity index (χ1n) is 6.81. The molecule has 2 heterocycles. The standard InChI is InChI=1S/C15H18ClN3/c16-13-5-3-12(4-6-13)7-9-19-11-17-10-15(19)14-2-1-8-18-14/h3-6,10-11,14,18H,1-2,7-9H2/t14-/m0/s1. The minimum absolute atomic E-state index is 0.479. The lowest BCUT2D eigenvalue weighted by Gasteiger charge is -2.13. The first-order valence-corrected chi connectivity index (χ1v) is 7.18. The molecule has 1 aromatic heterocycles. The molecular weight excluding hydrogens is 258 g/mol. The fourth-order valence-electron chi connectivity index (χ4n) is 2.65. The highest BCUT2D eigenvalue weighted by molar-refractivity contribution is 6.30. The largest absolute Gasteiger partial charge is 0.333 e. The van der Waals surface area contributed by atoms with Gasteiger partial charge in [-0.05, 0) is 43.5 Å². The van der Waals surface area contributed by atoms with Gasteiger partial charge in [0.1, 0.15) is 0 Å². The second kappa shape index (κ2) is 5.76. The normalized spacial score (nSPS) is 18.9. The van der Waals surface area contributed by atoms with E-state index in [-0.39, 0.29) is 0 Å². The third-order valence-electron chi connectivity index (χ3n) is 3.72. The Morgan fingerprint density at radius 3 is 2.89 bits per heavy atom. The van der Waals surface area contributed by atoms with Gasteiger partial charge in [0.25, 0.3) is 0 Å². The monoisotopic (exact) mass is 275 g/mol. The topological polar surface area (TPSA) is 29.9 Å². The molecule has 3 rings (SSSR count). The van der Waals surface area contributed by atoms with E-state index >= 15 is 0 Å². The third kappa shape index (κ3) is 2.99. The Morgan fingerprint density at radius 2 is 2.16 bits per heavy atom. The minimum atomic E-state index is 0.479. The van der Waals surface area contributed by atoms with Crippen molar-refractivity contribution in [1.29, 1.82) is 0 Å². The van der Waals surface area contributed by atoms with Crippen molar-refractivity contribution in [2.45, 2.75) is 31.8 Å². The first-order chi connectivity index (χ1) is 9.33. The fraction of sp³-hybridized carbons (Fsp3) is 0.400. The number of nitrogens with zero attached hydrogens (tertiary/aromatic N) is 2. The van der Waals surface area contributed by atoms with Crippen molar-refractivity contribution in [3.63, 3.8) is 0 Å². The third-order valence-corrected chi connectivity index (χ3v) is 3.97. The summed E-state index contributed by atoms with van der Waals surface area (Å²) in [4.78, 5) is 4.29. The van der Waals surface area contributed by atoms with Crippen LogP contribution >= 0.6 is 11.6 Å². The maximum Gasteiger partial charge on any atom is 0.0948 e. The van der Waals surface area contributed by atoms with Crippen LogP contribution in [-0.4, -0.2) is 16.1 Å². The zero-order chi connectivity index (χ0) is 13.1. The van der Waals surface area contributed by atoms with Gasteiger partial charge in [0.15, 0.2) is 0 Å². The van der Waals surface area contributed by atoms with Crippen LogP contribution in [0.4, 0.5) is 0 Å². The summed E-state index contributed by atoms with van der Waals surface area (Å²) in [6.45, 7) is 2.09. The average Bonchev–Trinajstić information content (AvgIpc) is 3.08. The second-order valence-corrected chi connectivity index (χ2v) is 5.47. The lowest BCUT2D eigenvalue weighted by molar-refractivity contribution is 0.563. The highest BCUT2D eigenvalue weighted by Gasteiger charge is 2.19. The van der Waals surface area contributed by atoms with Gasteiger partial charge in [-0.1, -0.05) is 23.7 Å². The van der Waals surface area contributed by atoms with Crippen LogP contribution in [-0.2, 0) is 13.0 Å². The number of benzene rings is 1. The number of hydrogen-bond donors (Lipinski definition) is 1. The molecule has 4 heteroatoms. The molecule has 1 atom stereocenters. The molecule has 1 aromatic carbocycles. The van der Waals surface area contributed by atoms with Crippen LogP contribution in [0.2, 0.25) is 5.02 Å². The Bertz CT molecular complexity index is 527. The van der Waals surface area contributed by atoms with Crippen LogP contribution in [0.1, 0.15) is 30.1 Å². The van der Waals surface area contributed by atoms with E-state index in [9.17, 15) is 0 Å². The predicted molar refractivity (Wildman–Crippen MR) is 77.4 cm³/mol. The lowest BCUT2D eigenvalue weighted by atomic mass is 10.1. The van der Waals surface area contributed by atoms with E-state index in [0.29, 0.717) is 6.04 Å². The van der Waals surface area contributed by atoms with Gasteiger partial charge in [0.2, 0.25) is 0 Å². The summed E-state index contributed by atoms with van der Waals surface area (Å²) in [5.74, 6) is 0. The van der Waals surface area contributed by atoms with E-state index in [2.05, 4.69) is 27.0 Å². The molecule has 1 saturated heterocycles. The first kappa shape index (κ1) is 12.7. The van der Waals surface area contributed by atoms with Crippen molar-refractivity contribution < 1.29 is 0 Å². The van der Waals surface area contributed by atoms with Crippen LogP contribution in [0.5, 0.6) is 0 Å². The van der Waals surface area contributed by atoms with Gasteiger partial charge in [0.05, 0.1) is 12.0 Å². The molecule has 1 aliphatic rings. The van der Waals surface area contributed by atoms with E-state index in [4.69, 9.17) is 11.6 Å². The number of rotatable bonds is 4. The van der Waals surface area contributed by atoms with Gasteiger partial charge in [-0.25, -0.2) is 4.98 Å². The molecule has 19 heavy (non-hydrogen) atoms. The molecule has 0 aliphatic carbocycles. The zero-order valence-corrected chi connectivity index (χ0v) is 11.6. The van der Waals surface area contributed by atoms with Crippen LogP contribution in [0, 0.1) is 0 Å². The second-order valence-electron chi connectivity index (χ2n) is 5.04. The highest BCUT2D eigenvalue weighted by atomic mass is 35.5. The molecule has 0 bridgehead atoms. The highest BCUT2D eigenvalue weighted by Crippen LogP contribution is 2.22. The Hall–Kier alpha value is -1.32. The van der Waals surface area contributed by atoms with E-state index < -0.39 is 0 Å². The Kier molecular flexibility index (Phi) is 3.85. The molecule has 0 saturated carbocycles. The zero-order valence-electron chi connectivity index (χ0n) is 10.8. The predicted octanol–water partition coefficient (Wildman–Crippen LogP) is 3.20. The molecular formula is C15H18ClN3.